The Hall–Kier alpha value is -2.15. The molecule has 3 N–H and O–H groups in total. The molecule has 110 valence electrons. The molecule has 0 amide bonds. The summed E-state index contributed by atoms with van der Waals surface area (Å²) < 4.78 is 13.1. The van der Waals surface area contributed by atoms with E-state index in [4.69, 9.17) is 17.3 Å². The van der Waals surface area contributed by atoms with Crippen molar-refractivity contribution < 1.29 is 4.39 Å². The van der Waals surface area contributed by atoms with Crippen molar-refractivity contribution in [2.24, 2.45) is 0 Å². The van der Waals surface area contributed by atoms with E-state index >= 15 is 0 Å². The summed E-state index contributed by atoms with van der Waals surface area (Å²) in [5.41, 5.74) is 6.30. The lowest BCUT2D eigenvalue weighted by atomic mass is 10.3. The van der Waals surface area contributed by atoms with Crippen molar-refractivity contribution in [1.29, 1.82) is 0 Å². The maximum atomic E-state index is 13.1. The number of hydrogen-bond donors (Lipinski definition) is 2. The molecule has 1 aromatic carbocycles. The molecule has 1 aliphatic heterocycles. The average Bonchev–Trinajstić information content (AvgIpc) is 2.96. The van der Waals surface area contributed by atoms with Gasteiger partial charge in [0.2, 0.25) is 17.8 Å². The van der Waals surface area contributed by atoms with Crippen LogP contribution < -0.4 is 16.0 Å². The number of nitrogens with zero attached hydrogens (tertiary/aromatic N) is 4. The smallest absolute Gasteiger partial charge is 0.233 e. The summed E-state index contributed by atoms with van der Waals surface area (Å²) in [6.07, 6.45) is 2.23. The van der Waals surface area contributed by atoms with Crippen molar-refractivity contribution in [2.45, 2.75) is 12.8 Å². The van der Waals surface area contributed by atoms with E-state index in [0.717, 1.165) is 25.9 Å². The van der Waals surface area contributed by atoms with Gasteiger partial charge in [-0.15, -0.1) is 0 Å². The molecule has 0 spiro atoms. The van der Waals surface area contributed by atoms with E-state index in [-0.39, 0.29) is 11.0 Å². The van der Waals surface area contributed by atoms with Gasteiger partial charge in [0.1, 0.15) is 5.82 Å². The zero-order valence-electron chi connectivity index (χ0n) is 11.2. The van der Waals surface area contributed by atoms with Crippen LogP contribution in [0, 0.1) is 5.82 Å². The van der Waals surface area contributed by atoms with Crippen LogP contribution in [0.5, 0.6) is 0 Å². The molecule has 1 fully saturated rings. The Kier molecular flexibility index (Phi) is 3.74. The number of nitrogens with two attached hydrogens (primary N) is 1. The highest BCUT2D eigenvalue weighted by Gasteiger charge is 2.16. The molecule has 0 bridgehead atoms. The minimum atomic E-state index is -0.477. The van der Waals surface area contributed by atoms with Crippen molar-refractivity contribution in [3.63, 3.8) is 0 Å². The van der Waals surface area contributed by atoms with E-state index < -0.39 is 5.82 Å². The van der Waals surface area contributed by atoms with Gasteiger partial charge in [0.15, 0.2) is 0 Å². The first kappa shape index (κ1) is 13.8. The Morgan fingerprint density at radius 2 is 1.95 bits per heavy atom. The van der Waals surface area contributed by atoms with Gasteiger partial charge in [-0.2, -0.15) is 15.0 Å². The zero-order valence-corrected chi connectivity index (χ0v) is 11.9. The van der Waals surface area contributed by atoms with Gasteiger partial charge in [0.05, 0.1) is 5.02 Å². The molecule has 21 heavy (non-hydrogen) atoms. The van der Waals surface area contributed by atoms with Crippen molar-refractivity contribution in [2.75, 3.05) is 29.0 Å². The Morgan fingerprint density at radius 3 is 2.67 bits per heavy atom. The van der Waals surface area contributed by atoms with Gasteiger partial charge >= 0.3 is 0 Å². The Balaban J connectivity index is 1.85. The second-order valence-corrected chi connectivity index (χ2v) is 5.17. The molecule has 2 aromatic rings. The van der Waals surface area contributed by atoms with E-state index in [2.05, 4.69) is 25.2 Å². The Bertz CT molecular complexity index is 659. The van der Waals surface area contributed by atoms with Crippen LogP contribution in [0.3, 0.4) is 0 Å². The molecule has 6 nitrogen and oxygen atoms in total. The summed E-state index contributed by atoms with van der Waals surface area (Å²) in [6, 6.07) is 4.29. The molecule has 2 heterocycles. The van der Waals surface area contributed by atoms with Crippen LogP contribution in [0.1, 0.15) is 12.8 Å². The van der Waals surface area contributed by atoms with Crippen LogP contribution in [0.15, 0.2) is 18.2 Å². The van der Waals surface area contributed by atoms with Crippen LogP contribution >= 0.6 is 11.6 Å². The molecule has 0 atom stereocenters. The fourth-order valence-electron chi connectivity index (χ4n) is 2.20. The van der Waals surface area contributed by atoms with Gasteiger partial charge < -0.3 is 16.0 Å². The molecule has 1 aliphatic rings. The van der Waals surface area contributed by atoms with Crippen LogP contribution in [0.25, 0.3) is 0 Å². The minimum absolute atomic E-state index is 0.0294. The topological polar surface area (TPSA) is 80.0 Å². The maximum absolute atomic E-state index is 13.1. The number of aromatic nitrogens is 3. The van der Waals surface area contributed by atoms with Gasteiger partial charge in [0.25, 0.3) is 0 Å². The highest BCUT2D eigenvalue weighted by Crippen LogP contribution is 2.23. The van der Waals surface area contributed by atoms with E-state index in [9.17, 15) is 4.39 Å². The van der Waals surface area contributed by atoms with E-state index in [1.165, 1.54) is 12.1 Å². The van der Waals surface area contributed by atoms with Crippen molar-refractivity contribution in [3.05, 3.63) is 29.0 Å². The summed E-state index contributed by atoms with van der Waals surface area (Å²) in [6.45, 7) is 1.82. The molecule has 3 rings (SSSR count). The molecular weight excluding hydrogens is 295 g/mol. The quantitative estimate of drug-likeness (QED) is 0.907. The van der Waals surface area contributed by atoms with Gasteiger partial charge in [-0.1, -0.05) is 11.6 Å². The first-order chi connectivity index (χ1) is 10.1. The molecule has 1 aromatic heterocycles. The highest BCUT2D eigenvalue weighted by atomic mass is 35.5. The lowest BCUT2D eigenvalue weighted by Crippen LogP contribution is -2.21. The summed E-state index contributed by atoms with van der Waals surface area (Å²) in [5, 5.41) is 2.99. The Labute approximate surface area is 126 Å². The lowest BCUT2D eigenvalue weighted by Gasteiger charge is -2.16. The number of halogens is 2. The molecule has 1 saturated heterocycles. The van der Waals surface area contributed by atoms with Gasteiger partial charge in [0, 0.05) is 18.8 Å². The summed E-state index contributed by atoms with van der Waals surface area (Å²) in [7, 11) is 0. The van der Waals surface area contributed by atoms with Crippen LogP contribution in [0.4, 0.5) is 27.9 Å². The normalized spacial score (nSPS) is 14.5. The summed E-state index contributed by atoms with van der Waals surface area (Å²) >= 11 is 5.75. The first-order valence-corrected chi connectivity index (χ1v) is 6.98. The number of hydrogen-bond acceptors (Lipinski definition) is 6. The fourth-order valence-corrected chi connectivity index (χ4v) is 2.38. The highest BCUT2D eigenvalue weighted by molar-refractivity contribution is 6.31. The molecule has 0 radical (unpaired) electrons. The van der Waals surface area contributed by atoms with Crippen molar-refractivity contribution in [3.8, 4) is 0 Å². The van der Waals surface area contributed by atoms with Crippen molar-refractivity contribution in [1.82, 2.24) is 15.0 Å². The third kappa shape index (κ3) is 3.13. The van der Waals surface area contributed by atoms with E-state index in [1.807, 2.05) is 0 Å². The molecule has 0 unspecified atom stereocenters. The average molecular weight is 309 g/mol. The largest absolute Gasteiger partial charge is 0.368 e. The third-order valence-corrected chi connectivity index (χ3v) is 3.50. The minimum Gasteiger partial charge on any atom is -0.368 e. The second kappa shape index (κ2) is 5.69. The van der Waals surface area contributed by atoms with Crippen molar-refractivity contribution >= 4 is 35.1 Å². The second-order valence-electron chi connectivity index (χ2n) is 4.77. The SMILES string of the molecule is Nc1nc(Nc2ccc(F)c(Cl)c2)nc(N2CCCC2)n1. The lowest BCUT2D eigenvalue weighted by molar-refractivity contribution is 0.628. The van der Waals surface area contributed by atoms with Crippen LogP contribution in [0.2, 0.25) is 5.02 Å². The standard InChI is InChI=1S/C13H14ClFN6/c14-9-7-8(3-4-10(9)15)17-12-18-11(16)19-13(20-12)21-5-1-2-6-21/h3-4,7H,1-2,5-6H2,(H3,16,17,18,19,20). The maximum Gasteiger partial charge on any atom is 0.233 e. The predicted octanol–water partition coefficient (Wildman–Crippen LogP) is 2.59. The zero-order chi connectivity index (χ0) is 14.8. The number of benzene rings is 1. The van der Waals surface area contributed by atoms with Crippen LogP contribution in [-0.4, -0.2) is 28.0 Å². The molecule has 0 saturated carbocycles. The first-order valence-electron chi connectivity index (χ1n) is 6.60. The number of anilines is 4. The molecule has 8 heteroatoms. The van der Waals surface area contributed by atoms with Gasteiger partial charge in [-0.3, -0.25) is 0 Å². The molecule has 0 aliphatic carbocycles. The Morgan fingerprint density at radius 1 is 1.19 bits per heavy atom. The number of rotatable bonds is 3. The monoisotopic (exact) mass is 308 g/mol. The summed E-state index contributed by atoms with van der Waals surface area (Å²) in [4.78, 5) is 14.6. The van der Waals surface area contributed by atoms with Gasteiger partial charge in [-0.25, -0.2) is 4.39 Å². The van der Waals surface area contributed by atoms with E-state index in [0.29, 0.717) is 17.6 Å². The number of nitrogen functional groups attached to an aromatic ring is 1. The third-order valence-electron chi connectivity index (χ3n) is 3.21. The van der Waals surface area contributed by atoms with Gasteiger partial charge in [-0.05, 0) is 31.0 Å². The fraction of sp³-hybridized carbons (Fsp3) is 0.308. The van der Waals surface area contributed by atoms with E-state index in [1.54, 1.807) is 6.07 Å². The van der Waals surface area contributed by atoms with Crippen LogP contribution in [-0.2, 0) is 0 Å². The number of nitrogens with one attached hydrogen (secondary N) is 1. The predicted molar refractivity (Wildman–Crippen MR) is 80.4 cm³/mol. The molecular formula is C13H14ClFN6. The summed E-state index contributed by atoms with van der Waals surface area (Å²) in [5.74, 6) is 0.528.